The summed E-state index contributed by atoms with van der Waals surface area (Å²) in [6.45, 7) is 11.2. The van der Waals surface area contributed by atoms with Gasteiger partial charge in [-0.3, -0.25) is 9.13 Å². The van der Waals surface area contributed by atoms with Crippen LogP contribution in [0.4, 0.5) is 0 Å². The van der Waals surface area contributed by atoms with Crippen LogP contribution in [0.5, 0.6) is 0 Å². The molecular formula is C32H70CoO6P2. The molecule has 6 nitrogen and oxygen atoms in total. The van der Waals surface area contributed by atoms with Crippen LogP contribution in [-0.2, 0) is 44.0 Å². The van der Waals surface area contributed by atoms with Gasteiger partial charge < -0.3 is 18.1 Å². The molecule has 0 N–H and O–H groups in total. The summed E-state index contributed by atoms with van der Waals surface area (Å²) >= 11 is 0. The summed E-state index contributed by atoms with van der Waals surface area (Å²) in [6.07, 6.45) is 29.3. The van der Waals surface area contributed by atoms with Crippen molar-refractivity contribution in [3.63, 3.8) is 0 Å². The van der Waals surface area contributed by atoms with Gasteiger partial charge in [0.1, 0.15) is 0 Å². The quantitative estimate of drug-likeness (QED) is 0.0524. The van der Waals surface area contributed by atoms with Gasteiger partial charge in [-0.2, -0.15) is 0 Å². The molecule has 0 aliphatic heterocycles. The Kier molecular flexibility index (Phi) is 48.4. The standard InChI is InChI=1S/2C16H35O3P.Co/c2*1-3-5-7-9-11-13-15-18-20(17)19-16-14-12-10-8-6-4-2;/h2*20H,3-16H2,1-2H3;. The molecule has 0 aromatic rings. The van der Waals surface area contributed by atoms with Crippen LogP contribution in [0.3, 0.4) is 0 Å². The molecule has 0 spiro atoms. The van der Waals surface area contributed by atoms with Gasteiger partial charge in [-0.05, 0) is 25.7 Å². The van der Waals surface area contributed by atoms with Gasteiger partial charge in [0.15, 0.2) is 0 Å². The molecule has 0 atom stereocenters. The van der Waals surface area contributed by atoms with Crippen LogP contribution >= 0.6 is 16.5 Å². The second kappa shape index (κ2) is 42.9. The molecule has 0 bridgehead atoms. The van der Waals surface area contributed by atoms with E-state index in [1.807, 2.05) is 0 Å². The minimum Gasteiger partial charge on any atom is -0.311 e. The molecule has 0 amide bonds. The molecule has 41 heavy (non-hydrogen) atoms. The fraction of sp³-hybridized carbons (Fsp3) is 1.00. The topological polar surface area (TPSA) is 71.1 Å². The summed E-state index contributed by atoms with van der Waals surface area (Å²) < 4.78 is 43.8. The summed E-state index contributed by atoms with van der Waals surface area (Å²) in [7, 11) is -4.47. The van der Waals surface area contributed by atoms with Crippen molar-refractivity contribution >= 4 is 16.5 Å². The molecule has 0 unspecified atom stereocenters. The van der Waals surface area contributed by atoms with E-state index in [-0.39, 0.29) is 16.8 Å². The second-order valence-electron chi connectivity index (χ2n) is 11.0. The predicted molar refractivity (Wildman–Crippen MR) is 175 cm³/mol. The average molecular weight is 672 g/mol. The smallest absolute Gasteiger partial charge is 0.311 e. The third-order valence-corrected chi connectivity index (χ3v) is 8.63. The fourth-order valence-electron chi connectivity index (χ4n) is 4.23. The number of hydrogen-bond donors (Lipinski definition) is 0. The SMILES string of the molecule is CCCCCCCCO[PH](=O)OCCCCCCCC.CCCCCCCCO[PH](=O)OCCCCCCCC.[Co]. The maximum absolute atomic E-state index is 11.5. The molecule has 0 fully saturated rings. The van der Waals surface area contributed by atoms with Crippen molar-refractivity contribution in [3.05, 3.63) is 0 Å². The fourth-order valence-corrected chi connectivity index (χ4v) is 5.65. The summed E-state index contributed by atoms with van der Waals surface area (Å²) in [5.41, 5.74) is 0. The van der Waals surface area contributed by atoms with Crippen molar-refractivity contribution in [2.75, 3.05) is 26.4 Å². The molecule has 0 aliphatic carbocycles. The third kappa shape index (κ3) is 45.4. The summed E-state index contributed by atoms with van der Waals surface area (Å²) in [4.78, 5) is 0. The minimum atomic E-state index is -2.23. The van der Waals surface area contributed by atoms with Gasteiger partial charge in [-0.25, -0.2) is 0 Å². The second-order valence-corrected chi connectivity index (χ2v) is 13.1. The van der Waals surface area contributed by atoms with Gasteiger partial charge in [0.05, 0.1) is 26.4 Å². The van der Waals surface area contributed by atoms with Crippen LogP contribution in [-0.4, -0.2) is 26.4 Å². The van der Waals surface area contributed by atoms with Gasteiger partial charge in [0, 0.05) is 16.8 Å². The molecule has 0 aromatic heterocycles. The van der Waals surface area contributed by atoms with Crippen LogP contribution in [0.15, 0.2) is 0 Å². The van der Waals surface area contributed by atoms with E-state index in [1.54, 1.807) is 0 Å². The first-order valence-corrected chi connectivity index (χ1v) is 19.7. The van der Waals surface area contributed by atoms with E-state index in [4.69, 9.17) is 18.1 Å². The van der Waals surface area contributed by atoms with Crippen LogP contribution in [0.1, 0.15) is 182 Å². The number of hydrogen-bond acceptors (Lipinski definition) is 6. The molecule has 253 valence electrons. The molecule has 0 aromatic carbocycles. The zero-order valence-electron chi connectivity index (χ0n) is 27.6. The summed E-state index contributed by atoms with van der Waals surface area (Å²) in [6, 6.07) is 0. The van der Waals surface area contributed by atoms with Crippen molar-refractivity contribution in [2.24, 2.45) is 0 Å². The minimum absolute atomic E-state index is 0. The predicted octanol–water partition coefficient (Wildman–Crippen LogP) is 12.3. The van der Waals surface area contributed by atoms with Gasteiger partial charge in [-0.1, -0.05) is 156 Å². The van der Waals surface area contributed by atoms with Gasteiger partial charge in [0.25, 0.3) is 0 Å². The Labute approximate surface area is 268 Å². The number of rotatable bonds is 32. The Morgan fingerprint density at radius 1 is 0.317 bits per heavy atom. The van der Waals surface area contributed by atoms with E-state index < -0.39 is 16.5 Å². The Bertz CT molecular complexity index is 431. The molecule has 0 saturated carbocycles. The normalized spacial score (nSPS) is 11.1. The van der Waals surface area contributed by atoms with Crippen LogP contribution in [0, 0.1) is 0 Å². The van der Waals surface area contributed by atoms with Gasteiger partial charge in [-0.15, -0.1) is 0 Å². The maximum atomic E-state index is 11.5. The molecule has 0 aliphatic rings. The zero-order valence-corrected chi connectivity index (χ0v) is 30.6. The van der Waals surface area contributed by atoms with Crippen molar-refractivity contribution in [1.82, 2.24) is 0 Å². The van der Waals surface area contributed by atoms with Crippen LogP contribution in [0.2, 0.25) is 0 Å². The molecule has 9 heteroatoms. The Morgan fingerprint density at radius 3 is 0.683 bits per heavy atom. The Morgan fingerprint density at radius 2 is 0.488 bits per heavy atom. The molecular weight excluding hydrogens is 601 g/mol. The van der Waals surface area contributed by atoms with E-state index in [1.165, 1.54) is 128 Å². The average Bonchev–Trinajstić information content (AvgIpc) is 2.95. The zero-order chi connectivity index (χ0) is 29.8. The van der Waals surface area contributed by atoms with Crippen molar-refractivity contribution in [3.8, 4) is 0 Å². The Hall–Kier alpha value is 0.806. The van der Waals surface area contributed by atoms with Crippen molar-refractivity contribution in [2.45, 2.75) is 182 Å². The van der Waals surface area contributed by atoms with E-state index in [0.717, 1.165) is 25.7 Å². The van der Waals surface area contributed by atoms with Crippen molar-refractivity contribution in [1.29, 1.82) is 0 Å². The first-order chi connectivity index (χ1) is 19.6. The van der Waals surface area contributed by atoms with Crippen LogP contribution in [0.25, 0.3) is 0 Å². The molecule has 0 heterocycles. The maximum Gasteiger partial charge on any atom is 0.319 e. The monoisotopic (exact) mass is 671 g/mol. The van der Waals surface area contributed by atoms with Gasteiger partial charge in [0.2, 0.25) is 0 Å². The first-order valence-electron chi connectivity index (χ1n) is 17.2. The van der Waals surface area contributed by atoms with Gasteiger partial charge >= 0.3 is 16.5 Å². The first kappa shape index (κ1) is 46.2. The molecule has 1 radical (unpaired) electrons. The van der Waals surface area contributed by atoms with E-state index in [2.05, 4.69) is 27.7 Å². The molecule has 0 saturated heterocycles. The van der Waals surface area contributed by atoms with Crippen LogP contribution < -0.4 is 0 Å². The van der Waals surface area contributed by atoms with E-state index >= 15 is 0 Å². The van der Waals surface area contributed by atoms with Crippen molar-refractivity contribution < 1.29 is 44.0 Å². The molecule has 0 rings (SSSR count). The number of unbranched alkanes of at least 4 members (excludes halogenated alkanes) is 20. The summed E-state index contributed by atoms with van der Waals surface area (Å²) in [5.74, 6) is 0. The third-order valence-electron chi connectivity index (χ3n) is 6.87. The van der Waals surface area contributed by atoms with E-state index in [9.17, 15) is 9.13 Å². The Balaban J connectivity index is -0.000000688. The summed E-state index contributed by atoms with van der Waals surface area (Å²) in [5, 5.41) is 0. The van der Waals surface area contributed by atoms with E-state index in [0.29, 0.717) is 26.4 Å². The largest absolute Gasteiger partial charge is 0.319 e.